The zero-order chi connectivity index (χ0) is 11.4. The van der Waals surface area contributed by atoms with Crippen LogP contribution in [0.2, 0.25) is 0 Å². The molecule has 0 fully saturated rings. The molecule has 5 heteroatoms. The van der Waals surface area contributed by atoms with E-state index in [2.05, 4.69) is 0 Å². The third-order valence-electron chi connectivity index (χ3n) is 1.84. The van der Waals surface area contributed by atoms with Gasteiger partial charge in [0, 0.05) is 22.3 Å². The summed E-state index contributed by atoms with van der Waals surface area (Å²) >= 11 is 1.43. The van der Waals surface area contributed by atoms with Gasteiger partial charge < -0.3 is 5.11 Å². The first-order valence-corrected chi connectivity index (χ1v) is 5.44. The smallest absolute Gasteiger partial charge is 0.270 e. The van der Waals surface area contributed by atoms with Crippen molar-refractivity contribution in [3.63, 3.8) is 0 Å². The minimum absolute atomic E-state index is 0.0476. The monoisotopic (exact) mass is 227 g/mol. The fourth-order valence-electron chi connectivity index (χ4n) is 1.17. The van der Waals surface area contributed by atoms with Crippen LogP contribution in [-0.2, 0) is 0 Å². The number of nitro groups is 1. The van der Waals surface area contributed by atoms with Crippen molar-refractivity contribution in [1.29, 1.82) is 0 Å². The molecule has 15 heavy (non-hydrogen) atoms. The van der Waals surface area contributed by atoms with Gasteiger partial charge in [-0.2, -0.15) is 0 Å². The van der Waals surface area contributed by atoms with Gasteiger partial charge in [-0.1, -0.05) is 6.92 Å². The molecule has 1 aromatic rings. The van der Waals surface area contributed by atoms with Crippen LogP contribution in [-0.4, -0.2) is 21.9 Å². The molecule has 82 valence electrons. The molecule has 0 aliphatic carbocycles. The first-order valence-electron chi connectivity index (χ1n) is 4.56. The summed E-state index contributed by atoms with van der Waals surface area (Å²) in [5.74, 6) is 0. The highest BCUT2D eigenvalue weighted by Crippen LogP contribution is 2.27. The Morgan fingerprint density at radius 3 is 2.73 bits per heavy atom. The summed E-state index contributed by atoms with van der Waals surface area (Å²) in [7, 11) is 0. The lowest BCUT2D eigenvalue weighted by atomic mass is 10.2. The van der Waals surface area contributed by atoms with Crippen molar-refractivity contribution >= 4 is 17.4 Å². The molecule has 0 heterocycles. The summed E-state index contributed by atoms with van der Waals surface area (Å²) in [5.41, 5.74) is 0.958. The number of nitrogens with zero attached hydrogens (tertiary/aromatic N) is 1. The molecule has 1 N–H and O–H groups in total. The summed E-state index contributed by atoms with van der Waals surface area (Å²) in [6.45, 7) is 3.76. The maximum atomic E-state index is 10.6. The fraction of sp³-hybridized carbons (Fsp3) is 0.400. The van der Waals surface area contributed by atoms with Gasteiger partial charge in [0.1, 0.15) is 0 Å². The van der Waals surface area contributed by atoms with Gasteiger partial charge in [-0.25, -0.2) is 0 Å². The molecule has 0 amide bonds. The van der Waals surface area contributed by atoms with Crippen LogP contribution >= 0.6 is 11.8 Å². The molecular weight excluding hydrogens is 214 g/mol. The van der Waals surface area contributed by atoms with Crippen LogP contribution in [0.3, 0.4) is 0 Å². The fourth-order valence-corrected chi connectivity index (χ4v) is 2.15. The number of hydrogen-bond donors (Lipinski definition) is 1. The SMILES string of the molecule is Cc1cc(SC(C)CO)cc([N+](=O)[O-])c1. The summed E-state index contributed by atoms with van der Waals surface area (Å²) < 4.78 is 0. The Labute approximate surface area is 92.5 Å². The minimum atomic E-state index is -0.402. The first kappa shape index (κ1) is 12.0. The summed E-state index contributed by atoms with van der Waals surface area (Å²) in [4.78, 5) is 11.0. The summed E-state index contributed by atoms with van der Waals surface area (Å²) in [6, 6.07) is 4.95. The first-order chi connectivity index (χ1) is 7.02. The number of non-ortho nitro benzene ring substituents is 1. The van der Waals surface area contributed by atoms with E-state index in [0.29, 0.717) is 0 Å². The molecule has 4 nitrogen and oxygen atoms in total. The highest BCUT2D eigenvalue weighted by Gasteiger charge is 2.10. The lowest BCUT2D eigenvalue weighted by Gasteiger charge is -2.07. The van der Waals surface area contributed by atoms with Crippen LogP contribution in [0.15, 0.2) is 23.1 Å². The quantitative estimate of drug-likeness (QED) is 0.487. The molecule has 0 bridgehead atoms. The van der Waals surface area contributed by atoms with E-state index in [1.807, 2.05) is 19.9 Å². The van der Waals surface area contributed by atoms with E-state index in [0.717, 1.165) is 10.5 Å². The van der Waals surface area contributed by atoms with Crippen LogP contribution in [0, 0.1) is 17.0 Å². The third kappa shape index (κ3) is 3.53. The highest BCUT2D eigenvalue weighted by molar-refractivity contribution is 8.00. The van der Waals surface area contributed by atoms with Crippen LogP contribution in [0.4, 0.5) is 5.69 Å². The molecule has 0 spiro atoms. The van der Waals surface area contributed by atoms with Gasteiger partial charge in [-0.3, -0.25) is 10.1 Å². The molecule has 0 aliphatic rings. The Hall–Kier alpha value is -1.07. The van der Waals surface area contributed by atoms with Crippen LogP contribution in [0.25, 0.3) is 0 Å². The van der Waals surface area contributed by atoms with Gasteiger partial charge >= 0.3 is 0 Å². The van der Waals surface area contributed by atoms with Crippen LogP contribution in [0.1, 0.15) is 12.5 Å². The number of nitro benzene ring substituents is 1. The lowest BCUT2D eigenvalue weighted by Crippen LogP contribution is -2.01. The van der Waals surface area contributed by atoms with Gasteiger partial charge in [0.25, 0.3) is 5.69 Å². The number of aliphatic hydroxyl groups is 1. The van der Waals surface area contributed by atoms with Crippen molar-refractivity contribution < 1.29 is 10.0 Å². The molecular formula is C10H13NO3S. The number of aryl methyl sites for hydroxylation is 1. The van der Waals surface area contributed by atoms with Gasteiger partial charge in [-0.15, -0.1) is 11.8 Å². The van der Waals surface area contributed by atoms with Crippen LogP contribution in [0.5, 0.6) is 0 Å². The van der Waals surface area contributed by atoms with E-state index in [9.17, 15) is 10.1 Å². The van der Waals surface area contributed by atoms with Gasteiger partial charge in [0.05, 0.1) is 11.5 Å². The predicted molar refractivity (Wildman–Crippen MR) is 60.2 cm³/mol. The molecule has 0 radical (unpaired) electrons. The van der Waals surface area contributed by atoms with Crippen molar-refractivity contribution in [3.05, 3.63) is 33.9 Å². The van der Waals surface area contributed by atoms with E-state index in [-0.39, 0.29) is 17.5 Å². The Kier molecular flexibility index (Phi) is 4.11. The second-order valence-electron chi connectivity index (χ2n) is 3.37. The molecule has 1 aromatic carbocycles. The highest BCUT2D eigenvalue weighted by atomic mass is 32.2. The molecule has 1 unspecified atom stereocenters. The summed E-state index contributed by atoms with van der Waals surface area (Å²) in [6.07, 6.45) is 0. The molecule has 1 atom stereocenters. The lowest BCUT2D eigenvalue weighted by molar-refractivity contribution is -0.385. The Morgan fingerprint density at radius 2 is 2.20 bits per heavy atom. The topological polar surface area (TPSA) is 63.4 Å². The average Bonchev–Trinajstić information content (AvgIpc) is 2.16. The second kappa shape index (κ2) is 5.14. The molecule has 0 aromatic heterocycles. The Morgan fingerprint density at radius 1 is 1.53 bits per heavy atom. The molecule has 0 saturated carbocycles. The Bertz CT molecular complexity index is 368. The Balaban J connectivity index is 2.93. The minimum Gasteiger partial charge on any atom is -0.395 e. The number of hydrogen-bond acceptors (Lipinski definition) is 4. The second-order valence-corrected chi connectivity index (χ2v) is 4.88. The standard InChI is InChI=1S/C10H13NO3S/c1-7-3-9(11(13)14)5-10(4-7)15-8(2)6-12/h3-5,8,12H,6H2,1-2H3. The van der Waals surface area contributed by atoms with E-state index in [1.165, 1.54) is 23.9 Å². The third-order valence-corrected chi connectivity index (χ3v) is 2.90. The zero-order valence-electron chi connectivity index (χ0n) is 8.64. The maximum absolute atomic E-state index is 10.6. The van der Waals surface area contributed by atoms with E-state index in [4.69, 9.17) is 5.11 Å². The molecule has 0 saturated heterocycles. The number of benzene rings is 1. The number of aliphatic hydroxyl groups excluding tert-OH is 1. The van der Waals surface area contributed by atoms with Gasteiger partial charge in [0.2, 0.25) is 0 Å². The predicted octanol–water partition coefficient (Wildman–Crippen LogP) is 2.38. The van der Waals surface area contributed by atoms with Crippen molar-refractivity contribution in [1.82, 2.24) is 0 Å². The van der Waals surface area contributed by atoms with Crippen molar-refractivity contribution in [2.45, 2.75) is 24.0 Å². The normalized spacial score (nSPS) is 12.5. The van der Waals surface area contributed by atoms with Gasteiger partial charge in [-0.05, 0) is 18.6 Å². The van der Waals surface area contributed by atoms with Gasteiger partial charge in [0.15, 0.2) is 0 Å². The summed E-state index contributed by atoms with van der Waals surface area (Å²) in [5, 5.41) is 19.5. The maximum Gasteiger partial charge on any atom is 0.270 e. The van der Waals surface area contributed by atoms with E-state index in [1.54, 1.807) is 0 Å². The van der Waals surface area contributed by atoms with E-state index >= 15 is 0 Å². The number of thioether (sulfide) groups is 1. The largest absolute Gasteiger partial charge is 0.395 e. The average molecular weight is 227 g/mol. The van der Waals surface area contributed by atoms with Crippen molar-refractivity contribution in [2.24, 2.45) is 0 Å². The van der Waals surface area contributed by atoms with Crippen LogP contribution < -0.4 is 0 Å². The zero-order valence-corrected chi connectivity index (χ0v) is 9.45. The molecule has 1 rings (SSSR count). The van der Waals surface area contributed by atoms with Crippen molar-refractivity contribution in [2.75, 3.05) is 6.61 Å². The number of rotatable bonds is 4. The van der Waals surface area contributed by atoms with E-state index < -0.39 is 4.92 Å². The molecule has 0 aliphatic heterocycles. The van der Waals surface area contributed by atoms with Crippen molar-refractivity contribution in [3.8, 4) is 0 Å².